The molecule has 1 heterocycles. The standard InChI is InChI=1S/C10H14N4/c11-4-9(13)8-5-14-10-3-6(12)1-2-7(8)10/h1-3,5,9,14H,4,11-13H2. The Labute approximate surface area is 82.1 Å². The van der Waals surface area contributed by atoms with E-state index in [1.54, 1.807) is 0 Å². The van der Waals surface area contributed by atoms with E-state index in [2.05, 4.69) is 4.98 Å². The molecule has 0 bridgehead atoms. The Hall–Kier alpha value is -1.52. The fourth-order valence-electron chi connectivity index (χ4n) is 1.60. The number of aromatic amines is 1. The molecule has 0 spiro atoms. The lowest BCUT2D eigenvalue weighted by Crippen LogP contribution is -2.20. The number of nitrogens with one attached hydrogen (secondary N) is 1. The van der Waals surface area contributed by atoms with E-state index >= 15 is 0 Å². The molecule has 0 fully saturated rings. The number of anilines is 1. The van der Waals surface area contributed by atoms with Crippen LogP contribution in [0.4, 0.5) is 5.69 Å². The molecule has 0 amide bonds. The van der Waals surface area contributed by atoms with Crippen molar-refractivity contribution in [2.45, 2.75) is 6.04 Å². The van der Waals surface area contributed by atoms with Crippen LogP contribution in [-0.4, -0.2) is 11.5 Å². The highest BCUT2D eigenvalue weighted by atomic mass is 14.8. The number of hydrogen-bond acceptors (Lipinski definition) is 3. The number of benzene rings is 1. The van der Waals surface area contributed by atoms with Crippen LogP contribution < -0.4 is 17.2 Å². The van der Waals surface area contributed by atoms with Crippen molar-refractivity contribution in [3.63, 3.8) is 0 Å². The van der Waals surface area contributed by atoms with Gasteiger partial charge in [0.15, 0.2) is 0 Å². The van der Waals surface area contributed by atoms with Crippen molar-refractivity contribution in [3.05, 3.63) is 30.0 Å². The van der Waals surface area contributed by atoms with Gasteiger partial charge in [-0.05, 0) is 17.7 Å². The molecule has 0 saturated heterocycles. The van der Waals surface area contributed by atoms with Crippen LogP contribution in [0.15, 0.2) is 24.4 Å². The molecule has 2 rings (SSSR count). The predicted molar refractivity (Wildman–Crippen MR) is 58.7 cm³/mol. The number of nitrogens with two attached hydrogens (primary N) is 3. The van der Waals surface area contributed by atoms with Crippen LogP contribution in [-0.2, 0) is 0 Å². The van der Waals surface area contributed by atoms with Crippen LogP contribution in [0.2, 0.25) is 0 Å². The normalized spacial score (nSPS) is 13.3. The second kappa shape index (κ2) is 3.32. The third kappa shape index (κ3) is 1.34. The number of rotatable bonds is 2. The van der Waals surface area contributed by atoms with Crippen LogP contribution in [0.3, 0.4) is 0 Å². The van der Waals surface area contributed by atoms with E-state index in [4.69, 9.17) is 17.2 Å². The lowest BCUT2D eigenvalue weighted by atomic mass is 10.1. The van der Waals surface area contributed by atoms with Gasteiger partial charge in [0.2, 0.25) is 0 Å². The zero-order valence-corrected chi connectivity index (χ0v) is 7.83. The quantitative estimate of drug-likeness (QED) is 0.525. The molecule has 1 unspecified atom stereocenters. The van der Waals surface area contributed by atoms with Crippen molar-refractivity contribution in [3.8, 4) is 0 Å². The Kier molecular flexibility index (Phi) is 2.15. The van der Waals surface area contributed by atoms with Gasteiger partial charge in [0, 0.05) is 35.4 Å². The minimum absolute atomic E-state index is 0.118. The van der Waals surface area contributed by atoms with Gasteiger partial charge < -0.3 is 22.2 Å². The van der Waals surface area contributed by atoms with E-state index in [0.29, 0.717) is 6.54 Å². The van der Waals surface area contributed by atoms with Gasteiger partial charge >= 0.3 is 0 Å². The predicted octanol–water partition coefficient (Wildman–Crippen LogP) is 0.709. The first kappa shape index (κ1) is 9.05. The highest BCUT2D eigenvalue weighted by Gasteiger charge is 2.09. The Morgan fingerprint density at radius 1 is 1.36 bits per heavy atom. The van der Waals surface area contributed by atoms with Gasteiger partial charge in [-0.2, -0.15) is 0 Å². The van der Waals surface area contributed by atoms with Gasteiger partial charge in [-0.3, -0.25) is 0 Å². The Morgan fingerprint density at radius 2 is 2.14 bits per heavy atom. The van der Waals surface area contributed by atoms with Crippen molar-refractivity contribution in [2.24, 2.45) is 11.5 Å². The maximum Gasteiger partial charge on any atom is 0.0478 e. The fourth-order valence-corrected chi connectivity index (χ4v) is 1.60. The lowest BCUT2D eigenvalue weighted by Gasteiger charge is -2.06. The van der Waals surface area contributed by atoms with Gasteiger partial charge in [0.25, 0.3) is 0 Å². The molecule has 0 saturated carbocycles. The van der Waals surface area contributed by atoms with Crippen LogP contribution in [0, 0.1) is 0 Å². The van der Waals surface area contributed by atoms with Crippen molar-refractivity contribution < 1.29 is 0 Å². The largest absolute Gasteiger partial charge is 0.399 e. The summed E-state index contributed by atoms with van der Waals surface area (Å²) in [6.45, 7) is 0.442. The second-order valence-corrected chi connectivity index (χ2v) is 3.39. The van der Waals surface area contributed by atoms with Crippen molar-refractivity contribution in [2.75, 3.05) is 12.3 Å². The molecule has 74 valence electrons. The average Bonchev–Trinajstić information content (AvgIpc) is 2.59. The number of fused-ring (bicyclic) bond motifs is 1. The Balaban J connectivity index is 2.58. The van der Waals surface area contributed by atoms with Crippen LogP contribution in [0.25, 0.3) is 10.9 Å². The summed E-state index contributed by atoms with van der Waals surface area (Å²) >= 11 is 0. The molecule has 1 atom stereocenters. The van der Waals surface area contributed by atoms with E-state index in [1.807, 2.05) is 24.4 Å². The van der Waals surface area contributed by atoms with Crippen molar-refractivity contribution in [1.82, 2.24) is 4.98 Å². The van der Waals surface area contributed by atoms with Crippen LogP contribution in [0.1, 0.15) is 11.6 Å². The Bertz CT molecular complexity index is 446. The van der Waals surface area contributed by atoms with Crippen LogP contribution >= 0.6 is 0 Å². The van der Waals surface area contributed by atoms with Gasteiger partial charge in [-0.1, -0.05) is 6.07 Å². The zero-order valence-electron chi connectivity index (χ0n) is 7.83. The van der Waals surface area contributed by atoms with E-state index in [0.717, 1.165) is 22.2 Å². The van der Waals surface area contributed by atoms with Crippen molar-refractivity contribution in [1.29, 1.82) is 0 Å². The third-order valence-electron chi connectivity index (χ3n) is 2.39. The maximum absolute atomic E-state index is 5.87. The van der Waals surface area contributed by atoms with E-state index in [-0.39, 0.29) is 6.04 Å². The van der Waals surface area contributed by atoms with E-state index in [1.165, 1.54) is 0 Å². The van der Waals surface area contributed by atoms with Gasteiger partial charge in [0.1, 0.15) is 0 Å². The van der Waals surface area contributed by atoms with Crippen molar-refractivity contribution >= 4 is 16.6 Å². The lowest BCUT2D eigenvalue weighted by molar-refractivity contribution is 0.743. The van der Waals surface area contributed by atoms with Gasteiger partial charge in [-0.15, -0.1) is 0 Å². The second-order valence-electron chi connectivity index (χ2n) is 3.39. The summed E-state index contributed by atoms with van der Waals surface area (Å²) in [5.74, 6) is 0. The monoisotopic (exact) mass is 190 g/mol. The minimum Gasteiger partial charge on any atom is -0.399 e. The first-order chi connectivity index (χ1) is 6.72. The fraction of sp³-hybridized carbons (Fsp3) is 0.200. The number of nitrogen functional groups attached to an aromatic ring is 1. The molecule has 2 aromatic rings. The molecule has 4 nitrogen and oxygen atoms in total. The summed E-state index contributed by atoms with van der Waals surface area (Å²) < 4.78 is 0. The summed E-state index contributed by atoms with van der Waals surface area (Å²) in [4.78, 5) is 3.13. The topological polar surface area (TPSA) is 93.8 Å². The summed E-state index contributed by atoms with van der Waals surface area (Å²) in [6, 6.07) is 5.60. The molecule has 0 aliphatic carbocycles. The van der Waals surface area contributed by atoms with Crippen LogP contribution in [0.5, 0.6) is 0 Å². The smallest absolute Gasteiger partial charge is 0.0478 e. The number of hydrogen-bond donors (Lipinski definition) is 4. The summed E-state index contributed by atoms with van der Waals surface area (Å²) in [5, 5.41) is 1.09. The summed E-state index contributed by atoms with van der Waals surface area (Å²) in [6.07, 6.45) is 1.89. The molecule has 0 radical (unpaired) electrons. The summed E-state index contributed by atoms with van der Waals surface area (Å²) in [7, 11) is 0. The summed E-state index contributed by atoms with van der Waals surface area (Å²) in [5.41, 5.74) is 19.8. The average molecular weight is 190 g/mol. The number of H-pyrrole nitrogens is 1. The molecule has 1 aromatic heterocycles. The molecule has 1 aromatic carbocycles. The maximum atomic E-state index is 5.87. The first-order valence-corrected chi connectivity index (χ1v) is 4.54. The minimum atomic E-state index is -0.118. The highest BCUT2D eigenvalue weighted by Crippen LogP contribution is 2.23. The van der Waals surface area contributed by atoms with Gasteiger partial charge in [-0.25, -0.2) is 0 Å². The Morgan fingerprint density at radius 3 is 2.86 bits per heavy atom. The molecule has 0 aliphatic heterocycles. The number of aromatic nitrogens is 1. The molecule has 7 N–H and O–H groups in total. The highest BCUT2D eigenvalue weighted by molar-refractivity contribution is 5.86. The SMILES string of the molecule is NCC(N)c1c[nH]c2cc(N)ccc12. The molecule has 0 aliphatic rings. The van der Waals surface area contributed by atoms with Gasteiger partial charge in [0.05, 0.1) is 0 Å². The van der Waals surface area contributed by atoms with E-state index in [9.17, 15) is 0 Å². The molecule has 14 heavy (non-hydrogen) atoms. The first-order valence-electron chi connectivity index (χ1n) is 4.54. The third-order valence-corrected chi connectivity index (χ3v) is 2.39. The van der Waals surface area contributed by atoms with E-state index < -0.39 is 0 Å². The molecule has 4 heteroatoms. The molecular weight excluding hydrogens is 176 g/mol. The zero-order chi connectivity index (χ0) is 10.1. The molecular formula is C10H14N4.